The number of nitrogens with zero attached hydrogens (tertiary/aromatic N) is 2. The second kappa shape index (κ2) is 8.47. The molecule has 166 valence electrons. The Hall–Kier alpha value is -4.06. The largest absolute Gasteiger partial charge is 0.497 e. The standard InChI is InChI=1S/C27H24N2O4/c1-32-21-12-13-22(23(16-21)33-2)29-26(30)24(19-9-4-3-5-10-19)25(27(29)31)28-15-14-18-8-6-7-11-20(18)17-28/h3-13,16H,14-15,17H2,1-2H3. The predicted octanol–water partition coefficient (Wildman–Crippen LogP) is 4.05. The molecule has 6 nitrogen and oxygen atoms in total. The van der Waals surface area contributed by atoms with Crippen molar-refractivity contribution in [1.29, 1.82) is 0 Å². The van der Waals surface area contributed by atoms with E-state index in [-0.39, 0.29) is 11.8 Å². The van der Waals surface area contributed by atoms with Gasteiger partial charge >= 0.3 is 0 Å². The minimum atomic E-state index is -0.358. The van der Waals surface area contributed by atoms with Crippen LogP contribution in [0.2, 0.25) is 0 Å². The van der Waals surface area contributed by atoms with Crippen molar-refractivity contribution < 1.29 is 19.1 Å². The molecule has 0 aromatic heterocycles. The van der Waals surface area contributed by atoms with Gasteiger partial charge < -0.3 is 14.4 Å². The fraction of sp³-hybridized carbons (Fsp3) is 0.185. The Labute approximate surface area is 192 Å². The van der Waals surface area contributed by atoms with E-state index < -0.39 is 0 Å². The highest BCUT2D eigenvalue weighted by atomic mass is 16.5. The summed E-state index contributed by atoms with van der Waals surface area (Å²) in [6, 6.07) is 22.7. The van der Waals surface area contributed by atoms with Gasteiger partial charge in [0.25, 0.3) is 11.8 Å². The number of amides is 2. The van der Waals surface area contributed by atoms with Crippen molar-refractivity contribution in [3.05, 3.63) is 95.2 Å². The second-order valence-electron chi connectivity index (χ2n) is 8.01. The number of hydrogen-bond donors (Lipinski definition) is 0. The molecule has 0 saturated heterocycles. The van der Waals surface area contributed by atoms with Crippen molar-refractivity contribution in [3.8, 4) is 11.5 Å². The van der Waals surface area contributed by atoms with E-state index in [1.807, 2.05) is 47.4 Å². The quantitative estimate of drug-likeness (QED) is 0.561. The van der Waals surface area contributed by atoms with Crippen LogP contribution in [0.5, 0.6) is 11.5 Å². The highest BCUT2D eigenvalue weighted by Gasteiger charge is 2.44. The smallest absolute Gasteiger partial charge is 0.282 e. The zero-order valence-corrected chi connectivity index (χ0v) is 18.6. The average molecular weight is 440 g/mol. The summed E-state index contributed by atoms with van der Waals surface area (Å²) in [5.74, 6) is 0.276. The van der Waals surface area contributed by atoms with Gasteiger partial charge in [-0.1, -0.05) is 54.6 Å². The SMILES string of the molecule is COc1ccc(N2C(=O)C(c3ccccc3)=C(N3CCc4ccccc4C3)C2=O)c(OC)c1. The van der Waals surface area contributed by atoms with Crippen LogP contribution in [0.25, 0.3) is 5.57 Å². The zero-order chi connectivity index (χ0) is 22.9. The first-order chi connectivity index (χ1) is 16.1. The van der Waals surface area contributed by atoms with Crippen LogP contribution in [0.15, 0.2) is 78.5 Å². The first-order valence-electron chi connectivity index (χ1n) is 10.8. The molecule has 0 bridgehead atoms. The lowest BCUT2D eigenvalue weighted by Gasteiger charge is -2.31. The normalized spacial score (nSPS) is 15.7. The second-order valence-corrected chi connectivity index (χ2v) is 8.01. The number of carbonyl (C=O) groups excluding carboxylic acids is 2. The molecule has 3 aromatic rings. The Balaban J connectivity index is 1.62. The van der Waals surface area contributed by atoms with Gasteiger partial charge in [-0.05, 0) is 35.2 Å². The Bertz CT molecular complexity index is 1270. The fourth-order valence-electron chi connectivity index (χ4n) is 4.55. The van der Waals surface area contributed by atoms with Crippen LogP contribution in [0, 0.1) is 0 Å². The van der Waals surface area contributed by atoms with E-state index in [4.69, 9.17) is 9.47 Å². The number of rotatable bonds is 5. The lowest BCUT2D eigenvalue weighted by Crippen LogP contribution is -2.37. The minimum absolute atomic E-state index is 0.346. The average Bonchev–Trinajstić information content (AvgIpc) is 3.13. The topological polar surface area (TPSA) is 59.1 Å². The maximum atomic E-state index is 13.9. The number of anilines is 1. The molecule has 0 N–H and O–H groups in total. The molecular formula is C27H24N2O4. The van der Waals surface area contributed by atoms with Gasteiger partial charge in [-0.3, -0.25) is 9.59 Å². The summed E-state index contributed by atoms with van der Waals surface area (Å²) < 4.78 is 10.8. The van der Waals surface area contributed by atoms with Gasteiger partial charge in [0.1, 0.15) is 17.2 Å². The van der Waals surface area contributed by atoms with Crippen LogP contribution in [0.4, 0.5) is 5.69 Å². The first-order valence-corrected chi connectivity index (χ1v) is 10.8. The highest BCUT2D eigenvalue weighted by Crippen LogP contribution is 2.41. The van der Waals surface area contributed by atoms with E-state index in [0.29, 0.717) is 41.5 Å². The van der Waals surface area contributed by atoms with Crippen LogP contribution >= 0.6 is 0 Å². The van der Waals surface area contributed by atoms with E-state index in [1.165, 1.54) is 23.1 Å². The Morgan fingerprint density at radius 1 is 0.788 bits per heavy atom. The van der Waals surface area contributed by atoms with Gasteiger partial charge in [0.2, 0.25) is 0 Å². The summed E-state index contributed by atoms with van der Waals surface area (Å²) >= 11 is 0. The number of methoxy groups -OCH3 is 2. The monoisotopic (exact) mass is 440 g/mol. The van der Waals surface area contributed by atoms with Crippen LogP contribution < -0.4 is 14.4 Å². The van der Waals surface area contributed by atoms with Crippen molar-refractivity contribution in [2.24, 2.45) is 0 Å². The molecule has 6 heteroatoms. The molecule has 0 spiro atoms. The third kappa shape index (κ3) is 3.53. The zero-order valence-electron chi connectivity index (χ0n) is 18.6. The summed E-state index contributed by atoms with van der Waals surface area (Å²) in [7, 11) is 3.07. The van der Waals surface area contributed by atoms with Crippen molar-refractivity contribution in [1.82, 2.24) is 4.90 Å². The van der Waals surface area contributed by atoms with Crippen LogP contribution in [-0.2, 0) is 22.6 Å². The molecule has 5 rings (SSSR count). The summed E-state index contributed by atoms with van der Waals surface area (Å²) in [6.45, 7) is 1.24. The molecule has 3 aromatic carbocycles. The molecule has 2 amide bonds. The number of ether oxygens (including phenoxy) is 2. The number of carbonyl (C=O) groups is 2. The number of imide groups is 1. The van der Waals surface area contributed by atoms with Gasteiger partial charge in [0.15, 0.2) is 0 Å². The number of benzene rings is 3. The molecule has 0 aliphatic carbocycles. The summed E-state index contributed by atoms with van der Waals surface area (Å²) in [5.41, 5.74) is 4.41. The van der Waals surface area contributed by atoms with Gasteiger partial charge in [0, 0.05) is 19.2 Å². The Morgan fingerprint density at radius 3 is 2.24 bits per heavy atom. The van der Waals surface area contributed by atoms with E-state index >= 15 is 0 Å². The van der Waals surface area contributed by atoms with Gasteiger partial charge in [-0.2, -0.15) is 0 Å². The van der Waals surface area contributed by atoms with Crippen molar-refractivity contribution >= 4 is 23.1 Å². The molecule has 2 aliphatic rings. The van der Waals surface area contributed by atoms with Crippen LogP contribution in [0.3, 0.4) is 0 Å². The summed E-state index contributed by atoms with van der Waals surface area (Å²) in [6.07, 6.45) is 0.815. The predicted molar refractivity (Wildman–Crippen MR) is 126 cm³/mol. The van der Waals surface area contributed by atoms with Crippen molar-refractivity contribution in [3.63, 3.8) is 0 Å². The lowest BCUT2D eigenvalue weighted by molar-refractivity contribution is -0.120. The van der Waals surface area contributed by atoms with Crippen molar-refractivity contribution in [2.75, 3.05) is 25.7 Å². The molecule has 0 saturated carbocycles. The van der Waals surface area contributed by atoms with Crippen LogP contribution in [0.1, 0.15) is 16.7 Å². The van der Waals surface area contributed by atoms with E-state index in [1.54, 1.807) is 25.3 Å². The molecule has 0 radical (unpaired) electrons. The minimum Gasteiger partial charge on any atom is -0.497 e. The van der Waals surface area contributed by atoms with Gasteiger partial charge in [-0.15, -0.1) is 0 Å². The third-order valence-electron chi connectivity index (χ3n) is 6.20. The Morgan fingerprint density at radius 2 is 1.52 bits per heavy atom. The fourth-order valence-corrected chi connectivity index (χ4v) is 4.55. The summed E-state index contributed by atoms with van der Waals surface area (Å²) in [4.78, 5) is 30.9. The molecule has 2 aliphatic heterocycles. The van der Waals surface area contributed by atoms with E-state index in [0.717, 1.165) is 12.0 Å². The number of hydrogen-bond acceptors (Lipinski definition) is 5. The molecule has 33 heavy (non-hydrogen) atoms. The third-order valence-corrected chi connectivity index (χ3v) is 6.20. The number of fused-ring (bicyclic) bond motifs is 1. The molecule has 0 atom stereocenters. The summed E-state index contributed by atoms with van der Waals surface area (Å²) in [5, 5.41) is 0. The molecular weight excluding hydrogens is 416 g/mol. The lowest BCUT2D eigenvalue weighted by atomic mass is 9.98. The first kappa shape index (κ1) is 20.8. The maximum Gasteiger partial charge on any atom is 0.282 e. The van der Waals surface area contributed by atoms with Crippen LogP contribution in [-0.4, -0.2) is 37.5 Å². The van der Waals surface area contributed by atoms with Gasteiger partial charge in [0.05, 0.1) is 25.5 Å². The molecule has 0 unspecified atom stereocenters. The highest BCUT2D eigenvalue weighted by molar-refractivity contribution is 6.45. The van der Waals surface area contributed by atoms with E-state index in [9.17, 15) is 9.59 Å². The van der Waals surface area contributed by atoms with Crippen molar-refractivity contribution in [2.45, 2.75) is 13.0 Å². The van der Waals surface area contributed by atoms with E-state index in [2.05, 4.69) is 12.1 Å². The Kier molecular flexibility index (Phi) is 5.34. The van der Waals surface area contributed by atoms with Gasteiger partial charge in [-0.25, -0.2) is 4.90 Å². The molecule has 2 heterocycles. The molecule has 0 fully saturated rings. The maximum absolute atomic E-state index is 13.9.